The predicted octanol–water partition coefficient (Wildman–Crippen LogP) is 2.50. The first-order valence-electron chi connectivity index (χ1n) is 3.85. The molecule has 0 aromatic heterocycles. The number of nitrogens with zero attached hydrogens (tertiary/aromatic N) is 1. The van der Waals surface area contributed by atoms with E-state index in [-0.39, 0.29) is 11.3 Å². The van der Waals surface area contributed by atoms with Gasteiger partial charge in [0, 0.05) is 6.07 Å². The molecule has 0 amide bonds. The van der Waals surface area contributed by atoms with Crippen LogP contribution in [0.5, 0.6) is 0 Å². The van der Waals surface area contributed by atoms with Crippen LogP contribution < -0.4 is 5.73 Å². The van der Waals surface area contributed by atoms with E-state index >= 15 is 0 Å². The first-order valence-corrected chi connectivity index (χ1v) is 3.85. The maximum Gasteiger partial charge on any atom is 0.416 e. The topological polar surface area (TPSA) is 69.2 Å². The lowest BCUT2D eigenvalue weighted by molar-refractivity contribution is -0.384. The van der Waals surface area contributed by atoms with Gasteiger partial charge >= 0.3 is 6.18 Å². The van der Waals surface area contributed by atoms with Gasteiger partial charge in [0.1, 0.15) is 5.69 Å². The lowest BCUT2D eigenvalue weighted by Gasteiger charge is -2.09. The first-order chi connectivity index (χ1) is 6.73. The van der Waals surface area contributed by atoms with Crippen LogP contribution in [0.25, 0.3) is 0 Å². The van der Waals surface area contributed by atoms with E-state index in [9.17, 15) is 23.3 Å². The van der Waals surface area contributed by atoms with Crippen LogP contribution in [0.3, 0.4) is 0 Å². The molecule has 0 aliphatic carbocycles. The zero-order valence-electron chi connectivity index (χ0n) is 7.63. The Morgan fingerprint density at radius 3 is 2.33 bits per heavy atom. The molecule has 0 atom stereocenters. The summed E-state index contributed by atoms with van der Waals surface area (Å²) in [5, 5.41) is 10.4. The van der Waals surface area contributed by atoms with E-state index in [4.69, 9.17) is 5.73 Å². The third-order valence-corrected chi connectivity index (χ3v) is 1.89. The van der Waals surface area contributed by atoms with E-state index in [1.54, 1.807) is 0 Å². The molecule has 0 unspecified atom stereocenters. The Bertz CT molecular complexity index is 415. The van der Waals surface area contributed by atoms with Gasteiger partial charge in [0.25, 0.3) is 5.69 Å². The van der Waals surface area contributed by atoms with Crippen LogP contribution in [0.4, 0.5) is 24.5 Å². The van der Waals surface area contributed by atoms with E-state index in [0.717, 1.165) is 6.07 Å². The van der Waals surface area contributed by atoms with Crippen LogP contribution in [0, 0.1) is 17.0 Å². The molecule has 0 bridgehead atoms. The van der Waals surface area contributed by atoms with Crippen LogP contribution in [0.15, 0.2) is 12.1 Å². The van der Waals surface area contributed by atoms with Gasteiger partial charge in [0.2, 0.25) is 0 Å². The zero-order chi connectivity index (χ0) is 11.8. The number of benzene rings is 1. The van der Waals surface area contributed by atoms with Crippen molar-refractivity contribution in [1.82, 2.24) is 0 Å². The quantitative estimate of drug-likeness (QED) is 0.449. The lowest BCUT2D eigenvalue weighted by atomic mass is 10.1. The molecule has 82 valence electrons. The summed E-state index contributed by atoms with van der Waals surface area (Å²) < 4.78 is 36.8. The van der Waals surface area contributed by atoms with E-state index in [1.165, 1.54) is 6.92 Å². The van der Waals surface area contributed by atoms with Crippen LogP contribution in [-0.2, 0) is 6.18 Å². The van der Waals surface area contributed by atoms with Crippen molar-refractivity contribution in [3.63, 3.8) is 0 Å². The minimum absolute atomic E-state index is 0.0384. The van der Waals surface area contributed by atoms with Crippen LogP contribution in [0.1, 0.15) is 11.1 Å². The summed E-state index contributed by atoms with van der Waals surface area (Å²) in [6, 6.07) is 1.21. The molecule has 0 fully saturated rings. The molecule has 0 radical (unpaired) electrons. The number of nitro groups is 1. The number of nitrogen functional groups attached to an aromatic ring is 1. The Labute approximate surface area is 82.7 Å². The molecule has 1 rings (SSSR count). The van der Waals surface area contributed by atoms with Crippen molar-refractivity contribution in [2.75, 3.05) is 5.73 Å². The van der Waals surface area contributed by atoms with Crippen LogP contribution in [-0.4, -0.2) is 4.92 Å². The molecule has 7 heteroatoms. The van der Waals surface area contributed by atoms with Crippen molar-refractivity contribution < 1.29 is 18.1 Å². The summed E-state index contributed by atoms with van der Waals surface area (Å²) in [5.41, 5.74) is 3.29. The van der Waals surface area contributed by atoms with Crippen molar-refractivity contribution in [3.8, 4) is 0 Å². The second kappa shape index (κ2) is 3.41. The summed E-state index contributed by atoms with van der Waals surface area (Å²) in [7, 11) is 0. The maximum absolute atomic E-state index is 12.3. The molecule has 0 saturated heterocycles. The molecule has 0 saturated carbocycles. The summed E-state index contributed by atoms with van der Waals surface area (Å²) >= 11 is 0. The SMILES string of the molecule is Cc1cc(C(F)(F)F)cc([N+](=O)[O-])c1N. The maximum atomic E-state index is 12.3. The van der Waals surface area contributed by atoms with Crippen molar-refractivity contribution in [3.05, 3.63) is 33.4 Å². The average molecular weight is 220 g/mol. The highest BCUT2D eigenvalue weighted by molar-refractivity contribution is 5.64. The van der Waals surface area contributed by atoms with Crippen molar-refractivity contribution in [1.29, 1.82) is 0 Å². The number of hydrogen-bond donors (Lipinski definition) is 1. The molecular weight excluding hydrogens is 213 g/mol. The number of aryl methyl sites for hydroxylation is 1. The number of nitrogens with two attached hydrogens (primary N) is 1. The highest BCUT2D eigenvalue weighted by Crippen LogP contribution is 2.35. The Balaban J connectivity index is 3.43. The summed E-state index contributed by atoms with van der Waals surface area (Å²) in [6.07, 6.45) is -4.61. The van der Waals surface area contributed by atoms with E-state index in [0.29, 0.717) is 6.07 Å². The summed E-state index contributed by atoms with van der Waals surface area (Å²) in [6.45, 7) is 1.29. The van der Waals surface area contributed by atoms with Gasteiger partial charge in [-0.3, -0.25) is 10.1 Å². The van der Waals surface area contributed by atoms with E-state index in [1.807, 2.05) is 0 Å². The molecule has 0 aliphatic rings. The standard InChI is InChI=1S/C8H7F3N2O2/c1-4-2-5(8(9,10)11)3-6(7(4)12)13(14)15/h2-3H,12H2,1H3. The number of hydrogen-bond acceptors (Lipinski definition) is 3. The smallest absolute Gasteiger partial charge is 0.393 e. The Morgan fingerprint density at radius 2 is 1.93 bits per heavy atom. The Hall–Kier alpha value is -1.79. The Morgan fingerprint density at radius 1 is 1.40 bits per heavy atom. The van der Waals surface area contributed by atoms with Gasteiger partial charge in [-0.25, -0.2) is 0 Å². The van der Waals surface area contributed by atoms with Gasteiger partial charge in [-0.15, -0.1) is 0 Å². The van der Waals surface area contributed by atoms with Gasteiger partial charge in [0.15, 0.2) is 0 Å². The third kappa shape index (κ3) is 2.17. The third-order valence-electron chi connectivity index (χ3n) is 1.89. The van der Waals surface area contributed by atoms with Gasteiger partial charge in [-0.2, -0.15) is 13.2 Å². The molecule has 4 nitrogen and oxygen atoms in total. The second-order valence-electron chi connectivity index (χ2n) is 2.98. The minimum atomic E-state index is -4.61. The van der Waals surface area contributed by atoms with Crippen molar-refractivity contribution >= 4 is 11.4 Å². The number of halogens is 3. The highest BCUT2D eigenvalue weighted by Gasteiger charge is 2.33. The summed E-state index contributed by atoms with van der Waals surface area (Å²) in [5.74, 6) is 0. The molecule has 0 aliphatic heterocycles. The van der Waals surface area contributed by atoms with E-state index < -0.39 is 22.4 Å². The van der Waals surface area contributed by atoms with Crippen LogP contribution in [0.2, 0.25) is 0 Å². The lowest BCUT2D eigenvalue weighted by Crippen LogP contribution is -2.08. The molecule has 0 spiro atoms. The fraction of sp³-hybridized carbons (Fsp3) is 0.250. The minimum Gasteiger partial charge on any atom is -0.393 e. The number of nitro benzene ring substituents is 1. The van der Waals surface area contributed by atoms with Gasteiger partial charge in [-0.05, 0) is 18.6 Å². The second-order valence-corrected chi connectivity index (χ2v) is 2.98. The average Bonchev–Trinajstić information content (AvgIpc) is 2.06. The molecule has 15 heavy (non-hydrogen) atoms. The molecule has 1 aromatic rings. The molecule has 2 N–H and O–H groups in total. The number of anilines is 1. The van der Waals surface area contributed by atoms with Crippen LogP contribution >= 0.6 is 0 Å². The molecule has 0 heterocycles. The predicted molar refractivity (Wildman–Crippen MR) is 47.2 cm³/mol. The van der Waals surface area contributed by atoms with Crippen molar-refractivity contribution in [2.24, 2.45) is 0 Å². The normalized spacial score (nSPS) is 11.5. The fourth-order valence-corrected chi connectivity index (χ4v) is 1.09. The number of rotatable bonds is 1. The number of alkyl halides is 3. The largest absolute Gasteiger partial charge is 0.416 e. The first kappa shape index (κ1) is 11.3. The highest BCUT2D eigenvalue weighted by atomic mass is 19.4. The molecular formula is C8H7F3N2O2. The summed E-state index contributed by atoms with van der Waals surface area (Å²) in [4.78, 5) is 9.48. The van der Waals surface area contributed by atoms with Gasteiger partial charge < -0.3 is 5.73 Å². The fourth-order valence-electron chi connectivity index (χ4n) is 1.09. The van der Waals surface area contributed by atoms with Gasteiger partial charge in [0.05, 0.1) is 10.5 Å². The zero-order valence-corrected chi connectivity index (χ0v) is 7.63. The monoisotopic (exact) mass is 220 g/mol. The van der Waals surface area contributed by atoms with E-state index in [2.05, 4.69) is 0 Å². The Kier molecular flexibility index (Phi) is 2.57. The van der Waals surface area contributed by atoms with Gasteiger partial charge in [-0.1, -0.05) is 0 Å². The molecule has 1 aromatic carbocycles. The van der Waals surface area contributed by atoms with Crippen molar-refractivity contribution in [2.45, 2.75) is 13.1 Å².